The van der Waals surface area contributed by atoms with E-state index in [0.717, 1.165) is 16.7 Å². The van der Waals surface area contributed by atoms with Crippen LogP contribution in [-0.4, -0.2) is 0 Å². The molecule has 0 N–H and O–H groups in total. The monoisotopic (exact) mass is 1820 g/mol. The largest absolute Gasteiger partial charge is 0.344 e. The van der Waals surface area contributed by atoms with Gasteiger partial charge in [0.15, 0.2) is 0 Å². The van der Waals surface area contributed by atoms with Gasteiger partial charge in [0.2, 0.25) is 0 Å². The van der Waals surface area contributed by atoms with Crippen molar-refractivity contribution < 1.29 is 491 Å². The molecule has 6 rings (SSSR count). The van der Waals surface area contributed by atoms with Gasteiger partial charge in [-0.2, -0.15) is 60.7 Å². The Bertz CT molecular complexity index is 1500. The zero-order chi connectivity index (χ0) is 26.8. The Labute approximate surface area is 698 Å². The SMILES string of the molecule is [CH-]=Cc1[c-]cccc1.[CH-]=c1ccccc1=[CH-].[Y].[Y].[Y].[Y].[Y].[Y].[Y].[Y].[Y].[Y].[Y].[Y].[Y].[Y].[Y].[c-]1ccccc1-c1[c-]cccc1.c1ccc2ccccc2c1. The Balaban J connectivity index is -0.0000000338. The number of fused-ring (bicyclic) bond motifs is 1. The van der Waals surface area contributed by atoms with Crippen LogP contribution in [0.2, 0.25) is 0 Å². The van der Waals surface area contributed by atoms with Crippen LogP contribution >= 0.6 is 0 Å². The molecule has 0 fully saturated rings. The van der Waals surface area contributed by atoms with Crippen LogP contribution in [0.5, 0.6) is 0 Å². The number of hydrogen-bond donors (Lipinski definition) is 0. The van der Waals surface area contributed by atoms with Crippen molar-refractivity contribution in [3.05, 3.63) is 186 Å². The number of rotatable bonds is 2. The molecule has 0 amide bonds. The van der Waals surface area contributed by atoms with Crippen LogP contribution in [0.4, 0.5) is 0 Å². The average Bonchev–Trinajstić information content (AvgIpc) is 3.01. The van der Waals surface area contributed by atoms with Gasteiger partial charge in [0.25, 0.3) is 0 Å². The van der Waals surface area contributed by atoms with Crippen LogP contribution in [0.25, 0.3) is 41.1 Å². The van der Waals surface area contributed by atoms with Crippen LogP contribution in [0.15, 0.2) is 146 Å². The Hall–Kier alpha value is 11.6. The van der Waals surface area contributed by atoms with E-state index in [0.29, 0.717) is 10.4 Å². The van der Waals surface area contributed by atoms with Crippen molar-refractivity contribution in [3.8, 4) is 11.1 Å². The van der Waals surface area contributed by atoms with Crippen LogP contribution in [-0.2, 0) is 491 Å². The molecule has 0 saturated carbocycles. The first-order chi connectivity index (χ1) is 18.7. The molecule has 0 aliphatic carbocycles. The summed E-state index contributed by atoms with van der Waals surface area (Å²) >= 11 is 0. The molecule has 15 radical (unpaired) electrons. The molecule has 0 spiro atoms. The Kier molecular flexibility index (Phi) is 126. The molecule has 0 saturated heterocycles. The van der Waals surface area contributed by atoms with Crippen molar-refractivity contribution in [2.75, 3.05) is 0 Å². The summed E-state index contributed by atoms with van der Waals surface area (Å²) in [6, 6.07) is 56.6. The fraction of sp³-hybridized carbons (Fsp3) is 0. The summed E-state index contributed by atoms with van der Waals surface area (Å²) in [5, 5.41) is 3.91. The van der Waals surface area contributed by atoms with Crippen LogP contribution < -0.4 is 10.4 Å². The maximum atomic E-state index is 5.39. The zero-order valence-electron chi connectivity index (χ0n) is 29.8. The van der Waals surface area contributed by atoms with Crippen molar-refractivity contribution in [3.63, 3.8) is 0 Å². The van der Waals surface area contributed by atoms with E-state index in [-0.39, 0.29) is 491 Å². The van der Waals surface area contributed by atoms with E-state index in [4.69, 9.17) is 19.7 Å². The summed E-state index contributed by atoms with van der Waals surface area (Å²) in [7, 11) is 0. The average molecular weight is 1820 g/mol. The van der Waals surface area contributed by atoms with E-state index in [1.165, 1.54) is 16.8 Å². The third-order valence-electron chi connectivity index (χ3n) is 5.28. The molecule has 53 heavy (non-hydrogen) atoms. The molecule has 231 valence electrons. The van der Waals surface area contributed by atoms with Gasteiger partial charge in [0.1, 0.15) is 0 Å². The second-order valence-electron chi connectivity index (χ2n) is 8.01. The molecular weight excluding hydrogens is 1790 g/mol. The van der Waals surface area contributed by atoms with E-state index in [1.807, 2.05) is 84.9 Å². The van der Waals surface area contributed by atoms with E-state index >= 15 is 0 Å². The van der Waals surface area contributed by atoms with Crippen molar-refractivity contribution >= 4 is 30.0 Å². The molecule has 0 heterocycles. The van der Waals surface area contributed by atoms with Gasteiger partial charge in [0.05, 0.1) is 0 Å². The first-order valence-electron chi connectivity index (χ1n) is 12.2. The minimum absolute atomic E-state index is 0. The van der Waals surface area contributed by atoms with Gasteiger partial charge >= 0.3 is 0 Å². The van der Waals surface area contributed by atoms with Gasteiger partial charge in [-0.15, -0.1) is 30.3 Å². The Morgan fingerprint density at radius 3 is 0.792 bits per heavy atom. The van der Waals surface area contributed by atoms with E-state index in [1.54, 1.807) is 12.1 Å². The van der Waals surface area contributed by atoms with Gasteiger partial charge in [-0.05, 0) is 10.8 Å². The van der Waals surface area contributed by atoms with Gasteiger partial charge in [-0.3, -0.25) is 13.2 Å². The molecule has 15 heteroatoms. The third kappa shape index (κ3) is 48.4. The van der Waals surface area contributed by atoms with Gasteiger partial charge in [0, 0.05) is 491 Å². The third-order valence-corrected chi connectivity index (χ3v) is 5.28. The number of benzene rings is 6. The predicted molar refractivity (Wildman–Crippen MR) is 162 cm³/mol. The molecule has 0 aliphatic rings. The normalized spacial score (nSPS) is 6.72. The van der Waals surface area contributed by atoms with Crippen molar-refractivity contribution in [1.29, 1.82) is 0 Å². The molecule has 0 nitrogen and oxygen atoms in total. The first kappa shape index (κ1) is 98.2. The first-order valence-corrected chi connectivity index (χ1v) is 12.2. The maximum Gasteiger partial charge on any atom is 0 e. The van der Waals surface area contributed by atoms with Crippen molar-refractivity contribution in [2.24, 2.45) is 0 Å². The minimum atomic E-state index is 0. The summed E-state index contributed by atoms with van der Waals surface area (Å²) in [5.41, 5.74) is 3.13. The zero-order valence-corrected chi connectivity index (χ0v) is 72.4. The summed E-state index contributed by atoms with van der Waals surface area (Å²) < 4.78 is 0. The fourth-order valence-electron chi connectivity index (χ4n) is 3.28. The standard InChI is InChI=1S/C12H8.C10H8.2C8H6.15Y/c1-3-7-11(8-4-1)12-9-5-2-6-10-12;1-2-6-10-8-4-3-7-9(10)5-1;1-7-5-3-4-6-8(7)2;1-2-8-6-4-3-5-7-8;;;;;;;;;;;;;;;/h1-7,9H;1-8H;2*1-6H;;;;;;;;;;;;;;;/q-2;;2*-2;;;;;;;;;;;;;;;. The molecule has 6 aromatic carbocycles. The summed E-state index contributed by atoms with van der Waals surface area (Å²) in [6.45, 7) is 16.0. The molecule has 0 aromatic heterocycles. The van der Waals surface area contributed by atoms with E-state index in [2.05, 4.69) is 66.7 Å². The summed E-state index contributed by atoms with van der Waals surface area (Å²) in [4.78, 5) is 0. The molecule has 6 aromatic rings. The second-order valence-corrected chi connectivity index (χ2v) is 8.01. The Morgan fingerprint density at radius 1 is 0.321 bits per heavy atom. The molecule has 0 bridgehead atoms. The molecule has 0 unspecified atom stereocenters. The van der Waals surface area contributed by atoms with E-state index < -0.39 is 0 Å². The van der Waals surface area contributed by atoms with Gasteiger partial charge in [-0.1, -0.05) is 48.5 Å². The Morgan fingerprint density at radius 2 is 0.585 bits per heavy atom. The molecular formula is C38H28Y15-6. The second kappa shape index (κ2) is 67.9. The molecule has 0 aliphatic heterocycles. The minimum Gasteiger partial charge on any atom is -0.344 e. The maximum absolute atomic E-state index is 5.39. The van der Waals surface area contributed by atoms with Crippen LogP contribution in [0, 0.1) is 24.8 Å². The van der Waals surface area contributed by atoms with E-state index in [9.17, 15) is 0 Å². The van der Waals surface area contributed by atoms with Gasteiger partial charge in [-0.25, -0.2) is 35.4 Å². The summed E-state index contributed by atoms with van der Waals surface area (Å²) in [5.74, 6) is 0. The van der Waals surface area contributed by atoms with Crippen molar-refractivity contribution in [1.82, 2.24) is 0 Å². The molecule has 0 atom stereocenters. The van der Waals surface area contributed by atoms with Crippen molar-refractivity contribution in [2.45, 2.75) is 0 Å². The number of hydrogen-bond acceptors (Lipinski definition) is 0. The van der Waals surface area contributed by atoms with Crippen LogP contribution in [0.3, 0.4) is 0 Å². The summed E-state index contributed by atoms with van der Waals surface area (Å²) in [6.07, 6.45) is 1.53. The van der Waals surface area contributed by atoms with Gasteiger partial charge < -0.3 is 28.7 Å². The van der Waals surface area contributed by atoms with Crippen LogP contribution in [0.1, 0.15) is 5.56 Å². The smallest absolute Gasteiger partial charge is 0 e. The quantitative estimate of drug-likeness (QED) is 0.155. The predicted octanol–water partition coefficient (Wildman–Crippen LogP) is 7.95. The fourth-order valence-corrected chi connectivity index (χ4v) is 3.28. The topological polar surface area (TPSA) is 0 Å².